The SMILES string of the molecule is CNC(=O)[C@@H]1[C@@H]2CC(C)C3(S2)C(C(=O)Nc2ccccc2Cl)N(CCCCCCO)C(=O)[C@H]13. The standard InChI is InChI=1S/C24H32ClN3O4S/c1-14-13-17-18(21(30)26-2)19-23(32)28(11-7-3-4-8-12-29)20(24(14,19)33-17)22(31)27-16-10-6-5-9-15(16)25/h5-6,9-10,14,17-20,29H,3-4,7-8,11-13H2,1-2H3,(H,26,30)(H,27,31)/t14?,17-,18+,19-,20?,24?/m0/s1. The first-order chi connectivity index (χ1) is 15.9. The number of anilines is 1. The van der Waals surface area contributed by atoms with Crippen molar-refractivity contribution in [3.8, 4) is 0 Å². The highest BCUT2D eigenvalue weighted by Gasteiger charge is 2.75. The fourth-order valence-corrected chi connectivity index (χ4v) is 8.64. The van der Waals surface area contributed by atoms with Crippen molar-refractivity contribution in [2.24, 2.45) is 17.8 Å². The number of aliphatic hydroxyl groups excluding tert-OH is 1. The van der Waals surface area contributed by atoms with Crippen LogP contribution in [0.3, 0.4) is 0 Å². The lowest BCUT2D eigenvalue weighted by Crippen LogP contribution is -2.55. The molecule has 0 aliphatic carbocycles. The zero-order valence-corrected chi connectivity index (χ0v) is 20.6. The number of amides is 3. The molecule has 7 nitrogen and oxygen atoms in total. The number of nitrogens with one attached hydrogen (secondary N) is 2. The molecule has 3 amide bonds. The Morgan fingerprint density at radius 2 is 1.94 bits per heavy atom. The van der Waals surface area contributed by atoms with Crippen LogP contribution in [0.25, 0.3) is 0 Å². The molecule has 180 valence electrons. The number of para-hydroxylation sites is 1. The van der Waals surface area contributed by atoms with Crippen molar-refractivity contribution in [2.75, 3.05) is 25.5 Å². The Kier molecular flexibility index (Phi) is 7.26. The van der Waals surface area contributed by atoms with Crippen LogP contribution in [-0.2, 0) is 14.4 Å². The number of rotatable bonds is 9. The first-order valence-corrected chi connectivity index (χ1v) is 13.0. The van der Waals surface area contributed by atoms with Gasteiger partial charge in [-0.05, 0) is 37.3 Å². The Hall–Kier alpha value is -1.77. The minimum absolute atomic E-state index is 0.0382. The third-order valence-electron chi connectivity index (χ3n) is 7.48. The second kappa shape index (κ2) is 9.84. The van der Waals surface area contributed by atoms with Gasteiger partial charge in [0.25, 0.3) is 0 Å². The van der Waals surface area contributed by atoms with E-state index in [1.54, 1.807) is 41.9 Å². The molecular formula is C24H32ClN3O4S. The summed E-state index contributed by atoms with van der Waals surface area (Å²) in [6.45, 7) is 2.72. The molecular weight excluding hydrogens is 462 g/mol. The summed E-state index contributed by atoms with van der Waals surface area (Å²) in [5, 5.41) is 15.2. The second-order valence-electron chi connectivity index (χ2n) is 9.31. The van der Waals surface area contributed by atoms with E-state index in [1.807, 2.05) is 6.07 Å². The molecule has 1 aromatic carbocycles. The van der Waals surface area contributed by atoms with Crippen LogP contribution in [0, 0.1) is 17.8 Å². The fraction of sp³-hybridized carbons (Fsp3) is 0.625. The number of thioether (sulfide) groups is 1. The van der Waals surface area contributed by atoms with Gasteiger partial charge in [-0.25, -0.2) is 0 Å². The third kappa shape index (κ3) is 4.04. The quantitative estimate of drug-likeness (QED) is 0.459. The van der Waals surface area contributed by atoms with Crippen LogP contribution < -0.4 is 10.6 Å². The molecule has 3 saturated heterocycles. The largest absolute Gasteiger partial charge is 0.396 e. The summed E-state index contributed by atoms with van der Waals surface area (Å²) in [5.41, 5.74) is 0.521. The molecule has 0 saturated carbocycles. The van der Waals surface area contributed by atoms with E-state index < -0.39 is 22.6 Å². The lowest BCUT2D eigenvalue weighted by atomic mass is 9.66. The highest BCUT2D eigenvalue weighted by atomic mass is 35.5. The summed E-state index contributed by atoms with van der Waals surface area (Å²) in [4.78, 5) is 42.1. The molecule has 3 aliphatic rings. The molecule has 6 atom stereocenters. The van der Waals surface area contributed by atoms with E-state index in [-0.39, 0.29) is 35.5 Å². The fourth-order valence-electron chi connectivity index (χ4n) is 6.04. The monoisotopic (exact) mass is 493 g/mol. The van der Waals surface area contributed by atoms with Crippen LogP contribution in [0.5, 0.6) is 0 Å². The molecule has 3 N–H and O–H groups in total. The van der Waals surface area contributed by atoms with Gasteiger partial charge in [0.2, 0.25) is 17.7 Å². The lowest BCUT2D eigenvalue weighted by molar-refractivity contribution is -0.139. The van der Waals surface area contributed by atoms with Crippen molar-refractivity contribution < 1.29 is 19.5 Å². The zero-order chi connectivity index (χ0) is 23.8. The molecule has 4 rings (SSSR count). The van der Waals surface area contributed by atoms with Gasteiger partial charge in [-0.2, -0.15) is 0 Å². The number of aliphatic hydroxyl groups is 1. The first-order valence-electron chi connectivity index (χ1n) is 11.7. The number of benzene rings is 1. The van der Waals surface area contributed by atoms with Crippen LogP contribution in [0.4, 0.5) is 5.69 Å². The number of hydrogen-bond acceptors (Lipinski definition) is 5. The molecule has 0 aromatic heterocycles. The highest BCUT2D eigenvalue weighted by Crippen LogP contribution is 2.68. The average molecular weight is 494 g/mol. The average Bonchev–Trinajstić information content (AvgIpc) is 3.38. The maximum atomic E-state index is 13.8. The molecule has 0 radical (unpaired) electrons. The van der Waals surface area contributed by atoms with Gasteiger partial charge in [0.1, 0.15) is 6.04 Å². The number of carbonyl (C=O) groups excluding carboxylic acids is 3. The van der Waals surface area contributed by atoms with Gasteiger partial charge in [-0.1, -0.05) is 43.5 Å². The normalized spacial score (nSPS) is 32.2. The summed E-state index contributed by atoms with van der Waals surface area (Å²) < 4.78 is -0.630. The van der Waals surface area contributed by atoms with Crippen molar-refractivity contribution in [3.05, 3.63) is 29.3 Å². The minimum Gasteiger partial charge on any atom is -0.396 e. The van der Waals surface area contributed by atoms with Crippen LogP contribution in [0.2, 0.25) is 5.02 Å². The van der Waals surface area contributed by atoms with Crippen LogP contribution in [0.15, 0.2) is 24.3 Å². The number of nitrogens with zero attached hydrogens (tertiary/aromatic N) is 1. The number of unbranched alkanes of at least 4 members (excludes halogenated alkanes) is 3. The summed E-state index contributed by atoms with van der Waals surface area (Å²) >= 11 is 7.96. The van der Waals surface area contributed by atoms with E-state index in [1.165, 1.54) is 0 Å². The topological polar surface area (TPSA) is 98.7 Å². The van der Waals surface area contributed by atoms with Gasteiger partial charge in [0.15, 0.2) is 0 Å². The van der Waals surface area contributed by atoms with Crippen molar-refractivity contribution in [2.45, 2.75) is 55.1 Å². The molecule has 9 heteroatoms. The summed E-state index contributed by atoms with van der Waals surface area (Å²) in [7, 11) is 1.61. The van der Waals surface area contributed by atoms with E-state index in [2.05, 4.69) is 17.6 Å². The first kappa shape index (κ1) is 24.4. The van der Waals surface area contributed by atoms with Crippen LogP contribution in [0.1, 0.15) is 39.0 Å². The van der Waals surface area contributed by atoms with Crippen molar-refractivity contribution in [1.82, 2.24) is 10.2 Å². The van der Waals surface area contributed by atoms with E-state index in [4.69, 9.17) is 16.7 Å². The predicted octanol–water partition coefficient (Wildman–Crippen LogP) is 2.91. The molecule has 3 aliphatic heterocycles. The number of halogens is 1. The van der Waals surface area contributed by atoms with Crippen molar-refractivity contribution >= 4 is 46.8 Å². The third-order valence-corrected chi connectivity index (χ3v) is 9.89. The molecule has 1 aromatic rings. The highest BCUT2D eigenvalue weighted by molar-refractivity contribution is 8.02. The number of fused-ring (bicyclic) bond motifs is 1. The lowest BCUT2D eigenvalue weighted by Gasteiger charge is -2.38. The summed E-state index contributed by atoms with van der Waals surface area (Å²) in [5.74, 6) is -1.24. The molecule has 1 spiro atoms. The van der Waals surface area contributed by atoms with Crippen LogP contribution >= 0.6 is 23.4 Å². The summed E-state index contributed by atoms with van der Waals surface area (Å²) in [6.07, 6.45) is 4.03. The van der Waals surface area contributed by atoms with E-state index in [0.717, 1.165) is 32.1 Å². The number of carbonyl (C=O) groups is 3. The smallest absolute Gasteiger partial charge is 0.248 e. The van der Waals surface area contributed by atoms with Gasteiger partial charge < -0.3 is 20.6 Å². The maximum absolute atomic E-state index is 13.8. The van der Waals surface area contributed by atoms with E-state index in [0.29, 0.717) is 17.3 Å². The second-order valence-corrected chi connectivity index (χ2v) is 11.3. The zero-order valence-electron chi connectivity index (χ0n) is 19.1. The minimum atomic E-state index is -0.663. The van der Waals surface area contributed by atoms with Gasteiger partial charge in [0.05, 0.1) is 27.3 Å². The van der Waals surface area contributed by atoms with Crippen LogP contribution in [-0.4, -0.2) is 64.0 Å². The number of hydrogen-bond donors (Lipinski definition) is 3. The van der Waals surface area contributed by atoms with Gasteiger partial charge in [-0.15, -0.1) is 11.8 Å². The Labute approximate surface area is 204 Å². The molecule has 3 heterocycles. The van der Waals surface area contributed by atoms with Gasteiger partial charge >= 0.3 is 0 Å². The Balaban J connectivity index is 1.66. The van der Waals surface area contributed by atoms with Gasteiger partial charge in [-0.3, -0.25) is 14.4 Å². The predicted molar refractivity (Wildman–Crippen MR) is 130 cm³/mol. The molecule has 3 fully saturated rings. The van der Waals surface area contributed by atoms with E-state index >= 15 is 0 Å². The van der Waals surface area contributed by atoms with Crippen molar-refractivity contribution in [3.63, 3.8) is 0 Å². The molecule has 2 bridgehead atoms. The maximum Gasteiger partial charge on any atom is 0.248 e. The van der Waals surface area contributed by atoms with Gasteiger partial charge in [0, 0.05) is 25.4 Å². The Morgan fingerprint density at radius 3 is 2.64 bits per heavy atom. The Morgan fingerprint density at radius 1 is 1.21 bits per heavy atom. The van der Waals surface area contributed by atoms with Crippen molar-refractivity contribution in [1.29, 1.82) is 0 Å². The number of likely N-dealkylation sites (tertiary alicyclic amines) is 1. The molecule has 33 heavy (non-hydrogen) atoms. The Bertz CT molecular complexity index is 931. The molecule has 3 unspecified atom stereocenters. The van der Waals surface area contributed by atoms with E-state index in [9.17, 15) is 14.4 Å². The summed E-state index contributed by atoms with van der Waals surface area (Å²) in [6, 6.07) is 6.42.